The van der Waals surface area contributed by atoms with Gasteiger partial charge < -0.3 is 10.5 Å². The molecule has 0 saturated carbocycles. The lowest BCUT2D eigenvalue weighted by Crippen LogP contribution is -1.99. The zero-order valence-electron chi connectivity index (χ0n) is 10.7. The van der Waals surface area contributed by atoms with Crippen molar-refractivity contribution < 1.29 is 4.74 Å². The van der Waals surface area contributed by atoms with Crippen LogP contribution in [0.2, 0.25) is 0 Å². The summed E-state index contributed by atoms with van der Waals surface area (Å²) in [5, 5.41) is 0. The number of fused-ring (bicyclic) bond motifs is 1. The van der Waals surface area contributed by atoms with Crippen LogP contribution in [-0.2, 0) is 0 Å². The Bertz CT molecular complexity index is 718. The lowest BCUT2D eigenvalue weighted by molar-refractivity contribution is 0.339. The van der Waals surface area contributed by atoms with Crippen molar-refractivity contribution in [3.63, 3.8) is 0 Å². The summed E-state index contributed by atoms with van der Waals surface area (Å²) in [6.45, 7) is 2.61. The number of hydrogen-bond acceptors (Lipinski definition) is 3. The molecule has 0 amide bonds. The van der Waals surface area contributed by atoms with E-state index in [1.807, 2.05) is 54.0 Å². The fourth-order valence-corrected chi connectivity index (χ4v) is 2.16. The van der Waals surface area contributed by atoms with Crippen molar-refractivity contribution in [2.75, 3.05) is 12.3 Å². The molecule has 1 heterocycles. The first-order chi connectivity index (χ1) is 9.29. The lowest BCUT2D eigenvalue weighted by atomic mass is 10.2. The number of rotatable bonds is 3. The van der Waals surface area contributed by atoms with Gasteiger partial charge in [-0.15, -0.1) is 0 Å². The van der Waals surface area contributed by atoms with Gasteiger partial charge >= 0.3 is 0 Å². The highest BCUT2D eigenvalue weighted by molar-refractivity contribution is 5.81. The second kappa shape index (κ2) is 4.65. The average molecular weight is 253 g/mol. The molecule has 0 aliphatic heterocycles. The van der Waals surface area contributed by atoms with Crippen molar-refractivity contribution in [1.29, 1.82) is 0 Å². The predicted octanol–water partition coefficient (Wildman–Crippen LogP) is 3.01. The molecule has 0 atom stereocenters. The van der Waals surface area contributed by atoms with Crippen LogP contribution < -0.4 is 10.5 Å². The number of ether oxygens (including phenoxy) is 1. The van der Waals surface area contributed by atoms with Crippen molar-refractivity contribution in [2.24, 2.45) is 0 Å². The van der Waals surface area contributed by atoms with Gasteiger partial charge in [0.25, 0.3) is 0 Å². The Morgan fingerprint density at radius 1 is 1.21 bits per heavy atom. The minimum atomic E-state index is 0.636. The summed E-state index contributed by atoms with van der Waals surface area (Å²) < 4.78 is 7.67. The molecule has 0 aliphatic rings. The topological polar surface area (TPSA) is 53.1 Å². The summed E-state index contributed by atoms with van der Waals surface area (Å²) in [4.78, 5) is 4.38. The Morgan fingerprint density at radius 2 is 2.05 bits per heavy atom. The number of hydrogen-bond donors (Lipinski definition) is 1. The number of nitrogen functional groups attached to an aromatic ring is 1. The monoisotopic (exact) mass is 253 g/mol. The summed E-state index contributed by atoms with van der Waals surface area (Å²) in [6, 6.07) is 13.6. The zero-order chi connectivity index (χ0) is 13.2. The van der Waals surface area contributed by atoms with Crippen molar-refractivity contribution in [3.05, 3.63) is 48.8 Å². The Hall–Kier alpha value is -2.49. The Morgan fingerprint density at radius 3 is 2.89 bits per heavy atom. The first-order valence-corrected chi connectivity index (χ1v) is 6.24. The van der Waals surface area contributed by atoms with Gasteiger partial charge in [0, 0.05) is 5.69 Å². The summed E-state index contributed by atoms with van der Waals surface area (Å²) in [6.07, 6.45) is 1.79. The molecule has 96 valence electrons. The van der Waals surface area contributed by atoms with Gasteiger partial charge in [-0.1, -0.05) is 12.1 Å². The van der Waals surface area contributed by atoms with Gasteiger partial charge in [0.2, 0.25) is 0 Å². The molecule has 0 spiro atoms. The smallest absolute Gasteiger partial charge is 0.143 e. The molecular formula is C15H15N3O. The van der Waals surface area contributed by atoms with Gasteiger partial charge in [0.05, 0.1) is 23.3 Å². The van der Waals surface area contributed by atoms with Crippen LogP contribution in [-0.4, -0.2) is 16.2 Å². The van der Waals surface area contributed by atoms with E-state index in [2.05, 4.69) is 4.98 Å². The number of imidazole rings is 1. The highest BCUT2D eigenvalue weighted by Crippen LogP contribution is 2.27. The van der Waals surface area contributed by atoms with Crippen LogP contribution in [0.5, 0.6) is 5.75 Å². The van der Waals surface area contributed by atoms with Crippen LogP contribution in [0.15, 0.2) is 48.8 Å². The van der Waals surface area contributed by atoms with Crippen molar-refractivity contribution >= 4 is 16.7 Å². The number of anilines is 1. The summed E-state index contributed by atoms with van der Waals surface area (Å²) >= 11 is 0. The van der Waals surface area contributed by atoms with Crippen molar-refractivity contribution in [2.45, 2.75) is 6.92 Å². The quantitative estimate of drug-likeness (QED) is 0.730. The first-order valence-electron chi connectivity index (χ1n) is 6.24. The van der Waals surface area contributed by atoms with Crippen LogP contribution in [0.25, 0.3) is 16.7 Å². The third kappa shape index (κ3) is 2.01. The maximum Gasteiger partial charge on any atom is 0.143 e. The van der Waals surface area contributed by atoms with Gasteiger partial charge in [-0.3, -0.25) is 4.57 Å². The number of nitrogens with two attached hydrogens (primary N) is 1. The molecule has 0 unspecified atom stereocenters. The van der Waals surface area contributed by atoms with E-state index < -0.39 is 0 Å². The Labute approximate surface area is 111 Å². The molecule has 0 bridgehead atoms. The fourth-order valence-electron chi connectivity index (χ4n) is 2.16. The minimum absolute atomic E-state index is 0.636. The molecule has 0 aliphatic carbocycles. The van der Waals surface area contributed by atoms with Crippen molar-refractivity contribution in [3.8, 4) is 11.4 Å². The summed E-state index contributed by atoms with van der Waals surface area (Å²) in [5.74, 6) is 0.848. The molecule has 0 saturated heterocycles. The fraction of sp³-hybridized carbons (Fsp3) is 0.133. The van der Waals surface area contributed by atoms with E-state index in [1.54, 1.807) is 6.33 Å². The minimum Gasteiger partial charge on any atom is -0.492 e. The van der Waals surface area contributed by atoms with Gasteiger partial charge in [-0.2, -0.15) is 0 Å². The largest absolute Gasteiger partial charge is 0.492 e. The highest BCUT2D eigenvalue weighted by atomic mass is 16.5. The molecule has 0 radical (unpaired) electrons. The van der Waals surface area contributed by atoms with Gasteiger partial charge in [0.15, 0.2) is 0 Å². The van der Waals surface area contributed by atoms with Crippen LogP contribution >= 0.6 is 0 Å². The van der Waals surface area contributed by atoms with Gasteiger partial charge in [0.1, 0.15) is 12.1 Å². The molecule has 3 aromatic rings. The predicted molar refractivity (Wildman–Crippen MR) is 76.7 cm³/mol. The van der Waals surface area contributed by atoms with Crippen LogP contribution in [0.4, 0.5) is 5.69 Å². The average Bonchev–Trinajstić information content (AvgIpc) is 2.82. The molecule has 2 aromatic carbocycles. The van der Waals surface area contributed by atoms with Crippen LogP contribution in [0, 0.1) is 0 Å². The SMILES string of the molecule is CCOc1ccccc1-n1cnc2cc(N)ccc21. The van der Waals surface area contributed by atoms with E-state index >= 15 is 0 Å². The van der Waals surface area contributed by atoms with E-state index in [-0.39, 0.29) is 0 Å². The number of aromatic nitrogens is 2. The Kier molecular flexibility index (Phi) is 2.83. The molecule has 19 heavy (non-hydrogen) atoms. The zero-order valence-corrected chi connectivity index (χ0v) is 10.7. The molecule has 0 fully saturated rings. The number of benzene rings is 2. The number of nitrogens with zero attached hydrogens (tertiary/aromatic N) is 2. The molecule has 4 heteroatoms. The molecule has 1 aromatic heterocycles. The van der Waals surface area contributed by atoms with E-state index in [9.17, 15) is 0 Å². The highest BCUT2D eigenvalue weighted by Gasteiger charge is 2.09. The third-order valence-electron chi connectivity index (χ3n) is 3.00. The van der Waals surface area contributed by atoms with E-state index in [0.717, 1.165) is 28.2 Å². The molecular weight excluding hydrogens is 238 g/mol. The summed E-state index contributed by atoms with van der Waals surface area (Å²) in [7, 11) is 0. The summed E-state index contributed by atoms with van der Waals surface area (Å²) in [5.41, 5.74) is 9.37. The van der Waals surface area contributed by atoms with Crippen LogP contribution in [0.1, 0.15) is 6.92 Å². The van der Waals surface area contributed by atoms with E-state index in [1.165, 1.54) is 0 Å². The normalized spacial score (nSPS) is 10.8. The Balaban J connectivity index is 2.19. The third-order valence-corrected chi connectivity index (χ3v) is 3.00. The maximum atomic E-state index is 5.78. The van der Waals surface area contributed by atoms with Gasteiger partial charge in [-0.25, -0.2) is 4.98 Å². The van der Waals surface area contributed by atoms with Gasteiger partial charge in [-0.05, 0) is 37.3 Å². The first kappa shape index (κ1) is 11.6. The van der Waals surface area contributed by atoms with E-state index in [4.69, 9.17) is 10.5 Å². The lowest BCUT2D eigenvalue weighted by Gasteiger charge is -2.11. The number of para-hydroxylation sites is 2. The molecule has 4 nitrogen and oxygen atoms in total. The second-order valence-corrected chi connectivity index (χ2v) is 4.26. The van der Waals surface area contributed by atoms with Crippen LogP contribution in [0.3, 0.4) is 0 Å². The molecule has 2 N–H and O–H groups in total. The molecule has 3 rings (SSSR count). The van der Waals surface area contributed by atoms with E-state index in [0.29, 0.717) is 6.61 Å². The second-order valence-electron chi connectivity index (χ2n) is 4.26. The standard InChI is InChI=1S/C15H15N3O/c1-2-19-15-6-4-3-5-14(15)18-10-17-12-9-11(16)7-8-13(12)18/h3-10H,2,16H2,1H3. The maximum absolute atomic E-state index is 5.78. The van der Waals surface area contributed by atoms with Crippen molar-refractivity contribution in [1.82, 2.24) is 9.55 Å².